The molecule has 0 amide bonds. The normalized spacial score (nSPS) is 12.9. The van der Waals surface area contributed by atoms with Gasteiger partial charge in [-0.3, -0.25) is 0 Å². The van der Waals surface area contributed by atoms with Crippen LogP contribution >= 0.6 is 0 Å². The molecule has 0 spiro atoms. The summed E-state index contributed by atoms with van der Waals surface area (Å²) in [5, 5.41) is 2.56. The maximum absolute atomic E-state index is 12.2. The van der Waals surface area contributed by atoms with Crippen molar-refractivity contribution in [3.8, 4) is 0 Å². The molecule has 3 heteroatoms. The van der Waals surface area contributed by atoms with E-state index < -0.39 is 0 Å². The van der Waals surface area contributed by atoms with E-state index in [0.717, 1.165) is 112 Å². The van der Waals surface area contributed by atoms with Gasteiger partial charge in [-0.25, -0.2) is 4.70 Å². The molecule has 1 aliphatic rings. The van der Waals surface area contributed by atoms with Crippen LogP contribution in [0.5, 0.6) is 0 Å². The number of rotatable bonds is 30. The molecule has 2 aromatic carbocycles. The molecule has 57 heavy (non-hydrogen) atoms. The van der Waals surface area contributed by atoms with Crippen molar-refractivity contribution in [3.05, 3.63) is 98.1 Å². The van der Waals surface area contributed by atoms with Crippen molar-refractivity contribution in [2.45, 2.75) is 234 Å². The Balaban J connectivity index is 0.00000210. The molecule has 0 atom stereocenters. The molecule has 2 aromatic rings. The van der Waals surface area contributed by atoms with Crippen LogP contribution < -0.4 is 0 Å². The first-order chi connectivity index (χ1) is 27.9. The standard InChI is InChI=1S/C50H78N2.2C2H5.Ni/c1-8-15-16-17-18-19-20-21-22-23-24-25-26-27-34-44-39-49(45-35-40(28-9-2)47(32-13-6)41(36-45)29-10-3)52(51)50(44)46-37-42(30-11-4)48(33-14-7)43(38-46)31-12-5;2*1-2;/h27,34-39H,8-26,28-33H2,1-7H3;2*1H2,2H3;. The zero-order valence-corrected chi connectivity index (χ0v) is 39.8. The number of unbranched alkanes of at least 4 members (excludes halogenated alkanes) is 12. The number of hydrogen-bond acceptors (Lipinski definition) is 0. The topological polar surface area (TPSA) is 25.3 Å². The summed E-state index contributed by atoms with van der Waals surface area (Å²) in [6.45, 7) is 20.4. The second kappa shape index (κ2) is 31.6. The average molecular weight is 824 g/mol. The van der Waals surface area contributed by atoms with Gasteiger partial charge in [0.1, 0.15) is 0 Å². The molecule has 0 radical (unpaired) electrons. The predicted molar refractivity (Wildman–Crippen MR) is 251 cm³/mol. The Morgan fingerprint density at radius 3 is 1.23 bits per heavy atom. The molecule has 3 rings (SSSR count). The van der Waals surface area contributed by atoms with Crippen LogP contribution in [0, 0.1) is 0 Å². The summed E-state index contributed by atoms with van der Waals surface area (Å²) < 4.78 is 1.55. The van der Waals surface area contributed by atoms with E-state index in [2.05, 4.69) is 105 Å². The SMILES string of the molecule is CCCCCCCCCCCCCCC=CC1=C(c2cc(CCC)c(CCC)c(CCC)c2)[N+](=[N-])C(c2cc(CCC)c(CCC)c(CCC)c2)=C1.C[CH2][Ni][CH2]C. The van der Waals surface area contributed by atoms with Crippen molar-refractivity contribution >= 4 is 11.4 Å². The van der Waals surface area contributed by atoms with Gasteiger partial charge in [-0.15, -0.1) is 0 Å². The van der Waals surface area contributed by atoms with Crippen molar-refractivity contribution in [2.24, 2.45) is 0 Å². The molecular formula is C54H88N2Ni. The molecule has 0 aliphatic carbocycles. The summed E-state index contributed by atoms with van der Waals surface area (Å²) in [4.78, 5) is 0. The van der Waals surface area contributed by atoms with Crippen LogP contribution in [0.3, 0.4) is 0 Å². The van der Waals surface area contributed by atoms with Crippen LogP contribution in [0.4, 0.5) is 0 Å². The third-order valence-corrected chi connectivity index (χ3v) is 12.3. The molecule has 0 saturated heterocycles. The summed E-state index contributed by atoms with van der Waals surface area (Å²) in [5.74, 6) is 0. The Kier molecular flexibility index (Phi) is 28.3. The van der Waals surface area contributed by atoms with E-state index in [-0.39, 0.29) is 0 Å². The van der Waals surface area contributed by atoms with E-state index >= 15 is 0 Å². The second-order valence-corrected chi connectivity index (χ2v) is 18.3. The van der Waals surface area contributed by atoms with Gasteiger partial charge in [0.2, 0.25) is 11.4 Å². The van der Waals surface area contributed by atoms with E-state index in [0.29, 0.717) is 0 Å². The van der Waals surface area contributed by atoms with Gasteiger partial charge in [0.15, 0.2) is 0 Å². The van der Waals surface area contributed by atoms with E-state index in [4.69, 9.17) is 0 Å². The van der Waals surface area contributed by atoms with Gasteiger partial charge < -0.3 is 5.53 Å². The Morgan fingerprint density at radius 2 is 0.860 bits per heavy atom. The van der Waals surface area contributed by atoms with Crippen molar-refractivity contribution in [3.63, 3.8) is 0 Å². The summed E-state index contributed by atoms with van der Waals surface area (Å²) >= 11 is 1.82. The van der Waals surface area contributed by atoms with Gasteiger partial charge in [-0.05, 0) is 109 Å². The first kappa shape index (κ1) is 50.9. The third kappa shape index (κ3) is 17.9. The molecule has 0 N–H and O–H groups in total. The van der Waals surface area contributed by atoms with Crippen LogP contribution in [0.2, 0.25) is 10.8 Å². The summed E-state index contributed by atoms with van der Waals surface area (Å²) in [6.07, 6.45) is 38.1. The molecule has 324 valence electrons. The molecule has 1 heterocycles. The quantitative estimate of drug-likeness (QED) is 0.0426. The van der Waals surface area contributed by atoms with Crippen LogP contribution in [0.1, 0.15) is 229 Å². The fraction of sp³-hybridized carbons (Fsp3) is 0.667. The summed E-state index contributed by atoms with van der Waals surface area (Å²) in [6, 6.07) is 9.62. The Labute approximate surface area is 360 Å². The van der Waals surface area contributed by atoms with Crippen molar-refractivity contribution < 1.29 is 19.1 Å². The fourth-order valence-corrected chi connectivity index (χ4v) is 9.10. The van der Waals surface area contributed by atoms with Crippen LogP contribution in [-0.4, -0.2) is 4.70 Å². The Morgan fingerprint density at radius 1 is 0.474 bits per heavy atom. The van der Waals surface area contributed by atoms with E-state index in [1.165, 1.54) is 110 Å². The number of allylic oxidation sites excluding steroid dienone is 4. The van der Waals surface area contributed by atoms with E-state index in [1.54, 1.807) is 15.8 Å². The number of benzene rings is 2. The van der Waals surface area contributed by atoms with Gasteiger partial charge >= 0.3 is 39.1 Å². The minimum atomic E-state index is 0.921. The van der Waals surface area contributed by atoms with Crippen LogP contribution in [0.25, 0.3) is 16.9 Å². The number of aryl methyl sites for hydroxylation is 4. The van der Waals surface area contributed by atoms with Gasteiger partial charge in [0, 0.05) is 17.2 Å². The number of hydrogen-bond donors (Lipinski definition) is 0. The molecule has 0 aromatic heterocycles. The van der Waals surface area contributed by atoms with E-state index in [1.807, 2.05) is 14.4 Å². The Bertz CT molecular complexity index is 1450. The summed E-state index contributed by atoms with van der Waals surface area (Å²) in [5.41, 5.74) is 26.5. The zero-order valence-electron chi connectivity index (χ0n) is 38.8. The van der Waals surface area contributed by atoms with Crippen molar-refractivity contribution in [1.29, 1.82) is 0 Å². The van der Waals surface area contributed by atoms with E-state index in [9.17, 15) is 5.53 Å². The van der Waals surface area contributed by atoms with Gasteiger partial charge in [-0.2, -0.15) is 0 Å². The number of nitrogens with zero attached hydrogens (tertiary/aromatic N) is 2. The summed E-state index contributed by atoms with van der Waals surface area (Å²) in [7, 11) is 0. The molecule has 2 nitrogen and oxygen atoms in total. The molecule has 0 fully saturated rings. The molecular weight excluding hydrogens is 735 g/mol. The van der Waals surface area contributed by atoms with Gasteiger partial charge in [0.25, 0.3) is 0 Å². The minimum absolute atomic E-state index is 0.921. The van der Waals surface area contributed by atoms with Crippen LogP contribution in [0.15, 0.2) is 48.1 Å². The zero-order chi connectivity index (χ0) is 41.7. The molecule has 0 saturated carbocycles. The monoisotopic (exact) mass is 823 g/mol. The molecule has 1 aliphatic heterocycles. The second-order valence-electron chi connectivity index (χ2n) is 16.4. The van der Waals surface area contributed by atoms with Gasteiger partial charge in [-0.1, -0.05) is 170 Å². The van der Waals surface area contributed by atoms with Gasteiger partial charge in [0.05, 0.1) is 5.57 Å². The average Bonchev–Trinajstić information content (AvgIpc) is 3.53. The third-order valence-electron chi connectivity index (χ3n) is 11.4. The molecule has 0 bridgehead atoms. The first-order valence-electron chi connectivity index (χ1n) is 24.2. The first-order valence-corrected chi connectivity index (χ1v) is 25.6. The van der Waals surface area contributed by atoms with Crippen molar-refractivity contribution in [2.75, 3.05) is 0 Å². The van der Waals surface area contributed by atoms with Crippen LogP contribution in [-0.2, 0) is 53.0 Å². The maximum atomic E-state index is 12.2. The molecule has 0 unspecified atom stereocenters. The van der Waals surface area contributed by atoms with Crippen molar-refractivity contribution in [1.82, 2.24) is 0 Å². The predicted octanol–water partition coefficient (Wildman–Crippen LogP) is 17.8. The fourth-order valence-electron chi connectivity index (χ4n) is 8.60. The Hall–Kier alpha value is -2.25.